The number of piperidine rings is 1. The van der Waals surface area contributed by atoms with Crippen molar-refractivity contribution in [1.82, 2.24) is 10.2 Å². The fraction of sp³-hybridized carbons (Fsp3) is 0.733. The fourth-order valence-corrected chi connectivity index (χ4v) is 3.65. The Bertz CT molecular complexity index is 340. The highest BCUT2D eigenvalue weighted by molar-refractivity contribution is 7.11. The second kappa shape index (κ2) is 7.27. The van der Waals surface area contributed by atoms with Crippen LogP contribution in [0.15, 0.2) is 12.1 Å². The van der Waals surface area contributed by atoms with Gasteiger partial charge in [-0.15, -0.1) is 11.3 Å². The van der Waals surface area contributed by atoms with E-state index in [2.05, 4.69) is 36.2 Å². The average Bonchev–Trinajstić information content (AvgIpc) is 2.85. The van der Waals surface area contributed by atoms with E-state index in [1.165, 1.54) is 42.1 Å². The third kappa shape index (κ3) is 4.08. The van der Waals surface area contributed by atoms with Crippen LogP contribution in [-0.4, -0.2) is 24.5 Å². The minimum Gasteiger partial charge on any atom is -0.312 e. The summed E-state index contributed by atoms with van der Waals surface area (Å²) < 4.78 is 0. The first-order valence-electron chi connectivity index (χ1n) is 7.32. The van der Waals surface area contributed by atoms with Gasteiger partial charge in [-0.05, 0) is 50.5 Å². The number of nitrogens with zero attached hydrogens (tertiary/aromatic N) is 1. The van der Waals surface area contributed by atoms with Gasteiger partial charge in [0.05, 0.1) is 0 Å². The second-order valence-electron chi connectivity index (χ2n) is 5.28. The molecule has 2 rings (SSSR count). The summed E-state index contributed by atoms with van der Waals surface area (Å²) in [5, 5.41) is 3.39. The number of hydrogen-bond donors (Lipinski definition) is 1. The van der Waals surface area contributed by atoms with Crippen LogP contribution < -0.4 is 5.32 Å². The number of hydrogen-bond acceptors (Lipinski definition) is 3. The van der Waals surface area contributed by atoms with Crippen LogP contribution in [-0.2, 0) is 13.1 Å². The fourth-order valence-electron chi connectivity index (χ4n) is 2.62. The largest absolute Gasteiger partial charge is 0.312 e. The zero-order valence-electron chi connectivity index (χ0n) is 11.7. The average molecular weight is 266 g/mol. The second-order valence-corrected chi connectivity index (χ2v) is 6.53. The predicted octanol–water partition coefficient (Wildman–Crippen LogP) is 3.48. The Labute approximate surface area is 115 Å². The highest BCUT2D eigenvalue weighted by Gasteiger charge is 2.18. The molecule has 0 spiro atoms. The van der Waals surface area contributed by atoms with E-state index in [4.69, 9.17) is 0 Å². The van der Waals surface area contributed by atoms with Crippen molar-refractivity contribution < 1.29 is 0 Å². The van der Waals surface area contributed by atoms with Gasteiger partial charge in [0.15, 0.2) is 0 Å². The van der Waals surface area contributed by atoms with Crippen molar-refractivity contribution >= 4 is 11.3 Å². The van der Waals surface area contributed by atoms with Crippen LogP contribution in [0, 0.1) is 5.92 Å². The Hall–Kier alpha value is -0.380. The van der Waals surface area contributed by atoms with Gasteiger partial charge in [-0.25, -0.2) is 0 Å². The van der Waals surface area contributed by atoms with E-state index in [-0.39, 0.29) is 0 Å². The summed E-state index contributed by atoms with van der Waals surface area (Å²) in [4.78, 5) is 5.61. The minimum absolute atomic E-state index is 0.980. The molecule has 1 aromatic heterocycles. The van der Waals surface area contributed by atoms with E-state index >= 15 is 0 Å². The summed E-state index contributed by atoms with van der Waals surface area (Å²) in [6, 6.07) is 4.59. The van der Waals surface area contributed by atoms with Crippen LogP contribution in [0.3, 0.4) is 0 Å². The van der Waals surface area contributed by atoms with Crippen LogP contribution in [0.5, 0.6) is 0 Å². The monoisotopic (exact) mass is 266 g/mol. The van der Waals surface area contributed by atoms with Gasteiger partial charge in [0, 0.05) is 22.8 Å². The van der Waals surface area contributed by atoms with Crippen LogP contribution in [0.2, 0.25) is 0 Å². The standard InChI is InChI=1S/C15H26N2S/c1-3-13-7-9-17(10-8-13)12-15-6-5-14(18-15)11-16-4-2/h5-6,13,16H,3-4,7-12H2,1-2H3. The molecule has 0 aromatic carbocycles. The van der Waals surface area contributed by atoms with E-state index in [1.807, 2.05) is 11.3 Å². The Morgan fingerprint density at radius 2 is 1.94 bits per heavy atom. The van der Waals surface area contributed by atoms with Crippen molar-refractivity contribution in [2.45, 2.75) is 46.2 Å². The number of nitrogens with one attached hydrogen (secondary N) is 1. The molecule has 0 unspecified atom stereocenters. The molecule has 2 nitrogen and oxygen atoms in total. The molecule has 0 amide bonds. The van der Waals surface area contributed by atoms with E-state index in [1.54, 1.807) is 0 Å². The summed E-state index contributed by atoms with van der Waals surface area (Å²) in [7, 11) is 0. The molecule has 1 aliphatic rings. The van der Waals surface area contributed by atoms with Crippen molar-refractivity contribution in [1.29, 1.82) is 0 Å². The molecule has 3 heteroatoms. The lowest BCUT2D eigenvalue weighted by Gasteiger charge is -2.31. The normalized spacial score (nSPS) is 18.3. The summed E-state index contributed by atoms with van der Waals surface area (Å²) in [6.45, 7) is 10.3. The SMILES string of the molecule is CCNCc1ccc(CN2CCC(CC)CC2)s1. The van der Waals surface area contributed by atoms with Gasteiger partial charge in [-0.2, -0.15) is 0 Å². The molecule has 0 atom stereocenters. The van der Waals surface area contributed by atoms with Crippen LogP contribution >= 0.6 is 11.3 Å². The zero-order valence-corrected chi connectivity index (χ0v) is 12.6. The molecule has 18 heavy (non-hydrogen) atoms. The molecular formula is C15H26N2S. The first kappa shape index (κ1) is 14.0. The molecular weight excluding hydrogens is 240 g/mol. The van der Waals surface area contributed by atoms with Crippen molar-refractivity contribution in [2.75, 3.05) is 19.6 Å². The molecule has 0 saturated carbocycles. The molecule has 0 radical (unpaired) electrons. The Kier molecular flexibility index (Phi) is 5.67. The number of likely N-dealkylation sites (tertiary alicyclic amines) is 1. The smallest absolute Gasteiger partial charge is 0.0328 e. The number of rotatable bonds is 6. The minimum atomic E-state index is 0.980. The maximum absolute atomic E-state index is 3.39. The molecule has 1 N–H and O–H groups in total. The Morgan fingerprint density at radius 1 is 1.22 bits per heavy atom. The lowest BCUT2D eigenvalue weighted by molar-refractivity contribution is 0.176. The van der Waals surface area contributed by atoms with Crippen molar-refractivity contribution in [3.05, 3.63) is 21.9 Å². The predicted molar refractivity (Wildman–Crippen MR) is 80.0 cm³/mol. The molecule has 1 aliphatic heterocycles. The first-order chi connectivity index (χ1) is 8.81. The van der Waals surface area contributed by atoms with Gasteiger partial charge < -0.3 is 5.32 Å². The van der Waals surface area contributed by atoms with E-state index in [0.717, 1.165) is 25.6 Å². The van der Waals surface area contributed by atoms with Gasteiger partial charge >= 0.3 is 0 Å². The zero-order chi connectivity index (χ0) is 12.8. The lowest BCUT2D eigenvalue weighted by Crippen LogP contribution is -2.32. The summed E-state index contributed by atoms with van der Waals surface area (Å²) in [6.07, 6.45) is 4.15. The molecule has 0 bridgehead atoms. The van der Waals surface area contributed by atoms with E-state index in [0.29, 0.717) is 0 Å². The van der Waals surface area contributed by atoms with Gasteiger partial charge in [-0.1, -0.05) is 20.3 Å². The summed E-state index contributed by atoms with van der Waals surface area (Å²) in [5.41, 5.74) is 0. The van der Waals surface area contributed by atoms with Crippen molar-refractivity contribution in [3.8, 4) is 0 Å². The van der Waals surface area contributed by atoms with E-state index < -0.39 is 0 Å². The maximum Gasteiger partial charge on any atom is 0.0328 e. The quantitative estimate of drug-likeness (QED) is 0.848. The highest BCUT2D eigenvalue weighted by Crippen LogP contribution is 2.23. The van der Waals surface area contributed by atoms with E-state index in [9.17, 15) is 0 Å². The maximum atomic E-state index is 3.39. The molecule has 2 heterocycles. The molecule has 1 fully saturated rings. The van der Waals surface area contributed by atoms with Crippen LogP contribution in [0.25, 0.3) is 0 Å². The van der Waals surface area contributed by atoms with Gasteiger partial charge in [0.25, 0.3) is 0 Å². The van der Waals surface area contributed by atoms with Crippen LogP contribution in [0.1, 0.15) is 42.9 Å². The van der Waals surface area contributed by atoms with Gasteiger partial charge in [-0.3, -0.25) is 4.90 Å². The summed E-state index contributed by atoms with van der Waals surface area (Å²) in [5.74, 6) is 0.980. The van der Waals surface area contributed by atoms with Crippen LogP contribution in [0.4, 0.5) is 0 Å². The molecule has 0 aliphatic carbocycles. The topological polar surface area (TPSA) is 15.3 Å². The molecule has 1 aromatic rings. The highest BCUT2D eigenvalue weighted by atomic mass is 32.1. The molecule has 102 valence electrons. The first-order valence-corrected chi connectivity index (χ1v) is 8.14. The third-order valence-electron chi connectivity index (χ3n) is 3.93. The van der Waals surface area contributed by atoms with Crippen molar-refractivity contribution in [3.63, 3.8) is 0 Å². The Balaban J connectivity index is 1.77. The van der Waals surface area contributed by atoms with Crippen molar-refractivity contribution in [2.24, 2.45) is 5.92 Å². The lowest BCUT2D eigenvalue weighted by atomic mass is 9.94. The number of thiophene rings is 1. The third-order valence-corrected chi connectivity index (χ3v) is 5.00. The molecule has 1 saturated heterocycles. The Morgan fingerprint density at radius 3 is 2.61 bits per heavy atom. The van der Waals surface area contributed by atoms with Gasteiger partial charge in [0.1, 0.15) is 0 Å². The summed E-state index contributed by atoms with van der Waals surface area (Å²) >= 11 is 1.97. The van der Waals surface area contributed by atoms with Gasteiger partial charge in [0.2, 0.25) is 0 Å².